The van der Waals surface area contributed by atoms with Crippen molar-refractivity contribution in [2.24, 2.45) is 17.8 Å². The molecule has 12 heteroatoms. The number of methoxy groups -OCH3 is 2. The first-order valence-corrected chi connectivity index (χ1v) is 16.1. The normalized spacial score (nSPS) is 44.3. The van der Waals surface area contributed by atoms with E-state index in [0.717, 1.165) is 0 Å². The fourth-order valence-corrected chi connectivity index (χ4v) is 7.49. The SMILES string of the molecule is CCC1(O)O[C@@](C)([C@H](O[C@@H]2O[C@H](C)C[C@H](N(C)C)[C@H]2O)[C@@H](C)[C@H](O[C@H]2C[C@@](C)(OC)[C@@H](O)[C@H](C)O2)[C@@H](C)C(=O)OC)C[C@H]1C. The molecule has 0 saturated carbocycles. The van der Waals surface area contributed by atoms with Crippen molar-refractivity contribution >= 4 is 5.97 Å². The molecule has 3 rings (SSSR count). The number of carbonyl (C=O) groups is 1. The Bertz CT molecular complexity index is 955. The predicted octanol–water partition coefficient (Wildman–Crippen LogP) is 2.44. The third-order valence-corrected chi connectivity index (χ3v) is 10.4. The first kappa shape index (κ1) is 37.5. The van der Waals surface area contributed by atoms with Gasteiger partial charge in [0.1, 0.15) is 12.2 Å². The summed E-state index contributed by atoms with van der Waals surface area (Å²) < 4.78 is 42.9. The van der Waals surface area contributed by atoms with E-state index < -0.39 is 77.9 Å². The predicted molar refractivity (Wildman–Crippen MR) is 161 cm³/mol. The number of carbonyl (C=O) groups excluding carboxylic acids is 1. The molecule has 3 N–H and O–H groups in total. The van der Waals surface area contributed by atoms with E-state index in [-0.39, 0.29) is 24.5 Å². The van der Waals surface area contributed by atoms with Crippen molar-refractivity contribution in [1.29, 1.82) is 0 Å². The molecule has 3 aliphatic heterocycles. The van der Waals surface area contributed by atoms with Gasteiger partial charge in [-0.15, -0.1) is 0 Å². The summed E-state index contributed by atoms with van der Waals surface area (Å²) in [5.74, 6) is -3.41. The number of ether oxygens (including phenoxy) is 7. The van der Waals surface area contributed by atoms with E-state index in [0.29, 0.717) is 19.3 Å². The average Bonchev–Trinajstić information content (AvgIpc) is 3.21. The Kier molecular flexibility index (Phi) is 12.3. The molecular weight excluding hydrogens is 574 g/mol. The zero-order valence-electron chi connectivity index (χ0n) is 28.8. The highest BCUT2D eigenvalue weighted by Gasteiger charge is 2.58. The summed E-state index contributed by atoms with van der Waals surface area (Å²) in [4.78, 5) is 15.0. The zero-order chi connectivity index (χ0) is 33.4. The maximum Gasteiger partial charge on any atom is 0.311 e. The van der Waals surface area contributed by atoms with Crippen LogP contribution in [0.25, 0.3) is 0 Å². The summed E-state index contributed by atoms with van der Waals surface area (Å²) >= 11 is 0. The highest BCUT2D eigenvalue weighted by Crippen LogP contribution is 2.48. The van der Waals surface area contributed by atoms with E-state index in [1.807, 2.05) is 53.6 Å². The minimum atomic E-state index is -1.38. The summed E-state index contributed by atoms with van der Waals surface area (Å²) in [6.45, 7) is 14.8. The van der Waals surface area contributed by atoms with Crippen molar-refractivity contribution in [3.8, 4) is 0 Å². The van der Waals surface area contributed by atoms with E-state index in [4.69, 9.17) is 33.2 Å². The fraction of sp³-hybridized carbons (Fsp3) is 0.969. The lowest BCUT2D eigenvalue weighted by atomic mass is 9.78. The summed E-state index contributed by atoms with van der Waals surface area (Å²) in [6.07, 6.45) is -4.43. The molecule has 3 heterocycles. The average molecular weight is 634 g/mol. The van der Waals surface area contributed by atoms with Gasteiger partial charge in [0.05, 0.1) is 48.6 Å². The first-order chi connectivity index (χ1) is 20.4. The molecule has 0 amide bonds. The Balaban J connectivity index is 2.04. The summed E-state index contributed by atoms with van der Waals surface area (Å²) in [7, 11) is 6.67. The third-order valence-electron chi connectivity index (χ3n) is 10.4. The second-order valence-electron chi connectivity index (χ2n) is 14.1. The molecule has 1 unspecified atom stereocenters. The number of aliphatic hydroxyl groups excluding tert-OH is 2. The highest BCUT2D eigenvalue weighted by molar-refractivity contribution is 5.72. The van der Waals surface area contributed by atoms with Gasteiger partial charge in [0.2, 0.25) is 0 Å². The van der Waals surface area contributed by atoms with Gasteiger partial charge < -0.3 is 53.4 Å². The second kappa shape index (κ2) is 14.5. The van der Waals surface area contributed by atoms with Crippen LogP contribution < -0.4 is 0 Å². The standard InChI is InChI=1S/C32H59NO11/c1-13-32(37)17(2)15-31(8,44-32)27(43-29-24(34)22(33(9)10)14-18(3)40-29)19(4)25(20(5)28(36)38-11)42-23-16-30(7,39-12)26(35)21(6)41-23/h17-27,29,34-35,37H,13-16H2,1-12H3/t17-,18-,19+,20-,21+,22+,23+,24-,25+,26+,27-,29+,30-,31-,32?/m1/s1. The van der Waals surface area contributed by atoms with E-state index in [1.54, 1.807) is 20.8 Å². The van der Waals surface area contributed by atoms with E-state index >= 15 is 0 Å². The Morgan fingerprint density at radius 1 is 1.05 bits per heavy atom. The lowest BCUT2D eigenvalue weighted by Gasteiger charge is -2.48. The molecule has 258 valence electrons. The van der Waals surface area contributed by atoms with Gasteiger partial charge in [-0.25, -0.2) is 0 Å². The molecule has 3 aliphatic rings. The van der Waals surface area contributed by atoms with Gasteiger partial charge >= 0.3 is 5.97 Å². The molecule has 0 aromatic rings. The minimum absolute atomic E-state index is 0.188. The number of hydrogen-bond donors (Lipinski definition) is 3. The summed E-state index contributed by atoms with van der Waals surface area (Å²) in [6, 6.07) is -0.208. The molecule has 3 saturated heterocycles. The molecule has 0 radical (unpaired) electrons. The molecule has 0 aliphatic carbocycles. The third kappa shape index (κ3) is 7.61. The van der Waals surface area contributed by atoms with Crippen molar-refractivity contribution < 1.29 is 53.3 Å². The first-order valence-electron chi connectivity index (χ1n) is 16.1. The Hall–Kier alpha value is -0.930. The maximum absolute atomic E-state index is 13.0. The lowest BCUT2D eigenvalue weighted by molar-refractivity contribution is -0.330. The lowest BCUT2D eigenvalue weighted by Crippen LogP contribution is -2.60. The summed E-state index contributed by atoms with van der Waals surface area (Å²) in [5, 5.41) is 33.6. The van der Waals surface area contributed by atoms with Crippen LogP contribution in [0, 0.1) is 17.8 Å². The quantitative estimate of drug-likeness (QED) is 0.272. The van der Waals surface area contributed by atoms with Crippen molar-refractivity contribution in [3.05, 3.63) is 0 Å². The van der Waals surface area contributed by atoms with Gasteiger partial charge in [0.25, 0.3) is 0 Å². The van der Waals surface area contributed by atoms with Gasteiger partial charge in [-0.2, -0.15) is 0 Å². The van der Waals surface area contributed by atoms with Crippen LogP contribution in [0.1, 0.15) is 81.1 Å². The van der Waals surface area contributed by atoms with Crippen molar-refractivity contribution in [1.82, 2.24) is 4.90 Å². The van der Waals surface area contributed by atoms with E-state index in [1.165, 1.54) is 14.2 Å². The van der Waals surface area contributed by atoms with E-state index in [2.05, 4.69) is 0 Å². The number of esters is 1. The molecule has 0 aromatic heterocycles. The van der Waals surface area contributed by atoms with Crippen LogP contribution in [-0.4, -0.2) is 127 Å². The maximum atomic E-state index is 13.0. The molecular formula is C32H59NO11. The minimum Gasteiger partial charge on any atom is -0.469 e. The Morgan fingerprint density at radius 2 is 1.68 bits per heavy atom. The fourth-order valence-electron chi connectivity index (χ4n) is 7.49. The summed E-state index contributed by atoms with van der Waals surface area (Å²) in [5.41, 5.74) is -1.98. The van der Waals surface area contributed by atoms with Crippen LogP contribution in [0.4, 0.5) is 0 Å². The molecule has 0 spiro atoms. The van der Waals surface area contributed by atoms with Gasteiger partial charge in [0.15, 0.2) is 18.4 Å². The number of rotatable bonds is 12. The molecule has 15 atom stereocenters. The van der Waals surface area contributed by atoms with Crippen LogP contribution in [0.3, 0.4) is 0 Å². The van der Waals surface area contributed by atoms with Crippen molar-refractivity contribution in [2.45, 2.75) is 153 Å². The van der Waals surface area contributed by atoms with Gasteiger partial charge in [0, 0.05) is 31.4 Å². The molecule has 0 bridgehead atoms. The monoisotopic (exact) mass is 633 g/mol. The van der Waals surface area contributed by atoms with Gasteiger partial charge in [-0.3, -0.25) is 4.79 Å². The van der Waals surface area contributed by atoms with Crippen LogP contribution in [-0.2, 0) is 38.0 Å². The second-order valence-corrected chi connectivity index (χ2v) is 14.1. The number of nitrogens with zero attached hydrogens (tertiary/aromatic N) is 1. The Labute approximate surface area is 263 Å². The van der Waals surface area contributed by atoms with Gasteiger partial charge in [-0.05, 0) is 68.0 Å². The highest BCUT2D eigenvalue weighted by atomic mass is 16.7. The number of aliphatic hydroxyl groups is 3. The van der Waals surface area contributed by atoms with Crippen LogP contribution in [0.2, 0.25) is 0 Å². The number of hydrogen-bond acceptors (Lipinski definition) is 12. The van der Waals surface area contributed by atoms with Crippen molar-refractivity contribution in [2.75, 3.05) is 28.3 Å². The molecule has 3 fully saturated rings. The topological polar surface area (TPSA) is 146 Å². The van der Waals surface area contributed by atoms with Crippen LogP contribution in [0.15, 0.2) is 0 Å². The molecule has 12 nitrogen and oxygen atoms in total. The smallest absolute Gasteiger partial charge is 0.311 e. The van der Waals surface area contributed by atoms with Crippen LogP contribution in [0.5, 0.6) is 0 Å². The molecule has 44 heavy (non-hydrogen) atoms. The number of likely N-dealkylation sites (N-methyl/N-ethyl adjacent to an activating group) is 1. The Morgan fingerprint density at radius 3 is 2.20 bits per heavy atom. The van der Waals surface area contributed by atoms with Gasteiger partial charge in [-0.1, -0.05) is 20.8 Å². The van der Waals surface area contributed by atoms with Crippen molar-refractivity contribution in [3.63, 3.8) is 0 Å². The van der Waals surface area contributed by atoms with E-state index in [9.17, 15) is 20.1 Å². The zero-order valence-corrected chi connectivity index (χ0v) is 28.8. The largest absolute Gasteiger partial charge is 0.469 e. The van der Waals surface area contributed by atoms with Crippen LogP contribution >= 0.6 is 0 Å². The molecule has 0 aromatic carbocycles.